The molecule has 3 N–H and O–H groups in total. The van der Waals surface area contributed by atoms with Crippen molar-refractivity contribution in [3.63, 3.8) is 0 Å². The molecule has 1 heterocycles. The lowest BCUT2D eigenvalue weighted by Crippen LogP contribution is -2.42. The average molecular weight is 474 g/mol. The van der Waals surface area contributed by atoms with Crippen molar-refractivity contribution in [3.8, 4) is 11.8 Å². The molecule has 33 heavy (non-hydrogen) atoms. The van der Waals surface area contributed by atoms with Gasteiger partial charge in [-0.3, -0.25) is 0 Å². The molecule has 1 aliphatic rings. The van der Waals surface area contributed by atoms with Crippen LogP contribution in [0.5, 0.6) is 5.75 Å². The van der Waals surface area contributed by atoms with E-state index < -0.39 is 54.1 Å². The molecule has 2 aromatic rings. The largest absolute Gasteiger partial charge is 0.491 e. The van der Waals surface area contributed by atoms with Crippen LogP contribution in [0.2, 0.25) is 0 Å². The first kappa shape index (κ1) is 24.0. The van der Waals surface area contributed by atoms with Gasteiger partial charge in [0, 0.05) is 11.4 Å². The maximum absolute atomic E-state index is 13.5. The smallest absolute Gasteiger partial charge is 0.433 e. The number of carbonyl (C=O) groups excluding carboxylic acids is 1. The Hall–Kier alpha value is -3.66. The third kappa shape index (κ3) is 5.78. The normalized spacial score (nSPS) is 18.6. The number of ether oxygens (including phenoxy) is 2. The molecular formula is C20H16F6N4O3. The van der Waals surface area contributed by atoms with Gasteiger partial charge in [0.05, 0.1) is 23.7 Å². The number of nitrogens with zero attached hydrogens (tertiary/aromatic N) is 2. The summed E-state index contributed by atoms with van der Waals surface area (Å²) in [6.07, 6.45) is -13.4. The van der Waals surface area contributed by atoms with Crippen molar-refractivity contribution in [2.45, 2.75) is 24.7 Å². The monoisotopic (exact) mass is 474 g/mol. The summed E-state index contributed by atoms with van der Waals surface area (Å²) in [5.74, 6) is 0.258. The van der Waals surface area contributed by atoms with Gasteiger partial charge >= 0.3 is 18.4 Å². The first-order valence-electron chi connectivity index (χ1n) is 9.28. The molecule has 1 saturated heterocycles. The molecule has 13 heteroatoms. The second-order valence-corrected chi connectivity index (χ2v) is 6.97. The van der Waals surface area contributed by atoms with Gasteiger partial charge in [0.2, 0.25) is 6.23 Å². The maximum atomic E-state index is 13.5. The average Bonchev–Trinajstić information content (AvgIpc) is 3.17. The highest BCUT2D eigenvalue weighted by Crippen LogP contribution is 2.39. The summed E-state index contributed by atoms with van der Waals surface area (Å²) in [7, 11) is 0. The number of primary amides is 1. The first-order valence-corrected chi connectivity index (χ1v) is 9.28. The van der Waals surface area contributed by atoms with Crippen molar-refractivity contribution in [3.05, 3.63) is 53.6 Å². The third-order valence-electron chi connectivity index (χ3n) is 4.60. The molecule has 0 radical (unpaired) electrons. The summed E-state index contributed by atoms with van der Waals surface area (Å²) in [5, 5.41) is 11.2. The van der Waals surface area contributed by atoms with Gasteiger partial charge in [-0.15, -0.1) is 0 Å². The van der Waals surface area contributed by atoms with Gasteiger partial charge in [-0.2, -0.15) is 31.6 Å². The summed E-state index contributed by atoms with van der Waals surface area (Å²) in [6.45, 7) is -0.733. The first-order chi connectivity index (χ1) is 15.4. The van der Waals surface area contributed by atoms with Gasteiger partial charge < -0.3 is 25.4 Å². The summed E-state index contributed by atoms with van der Waals surface area (Å²) in [6, 6.07) is 8.70. The van der Waals surface area contributed by atoms with Crippen LogP contribution in [0, 0.1) is 11.3 Å². The molecule has 0 spiro atoms. The number of hydrogen-bond acceptors (Lipinski definition) is 5. The van der Waals surface area contributed by atoms with Gasteiger partial charge in [0.15, 0.2) is 0 Å². The molecule has 2 amide bonds. The molecule has 176 valence electrons. The molecule has 0 saturated carbocycles. The van der Waals surface area contributed by atoms with Crippen LogP contribution in [-0.4, -0.2) is 37.7 Å². The molecule has 0 aromatic heterocycles. The Morgan fingerprint density at radius 2 is 1.85 bits per heavy atom. The molecule has 2 atom stereocenters. The highest BCUT2D eigenvalue weighted by Gasteiger charge is 2.51. The van der Waals surface area contributed by atoms with E-state index in [1.165, 1.54) is 30.3 Å². The fourth-order valence-corrected chi connectivity index (χ4v) is 3.21. The van der Waals surface area contributed by atoms with E-state index in [2.05, 4.69) is 5.32 Å². The SMILES string of the molecule is N#Cc1ccc(N2CC(COc3ccc(NC(N)=O)cc3)OC2C(F)(F)F)cc1C(F)(F)F. The lowest BCUT2D eigenvalue weighted by molar-refractivity contribution is -0.215. The molecule has 3 rings (SSSR count). The number of nitrogens with one attached hydrogen (secondary N) is 1. The van der Waals surface area contributed by atoms with E-state index in [-0.39, 0.29) is 12.4 Å². The van der Waals surface area contributed by atoms with Crippen LogP contribution < -0.4 is 20.7 Å². The van der Waals surface area contributed by atoms with Gasteiger partial charge in [0.1, 0.15) is 18.5 Å². The second-order valence-electron chi connectivity index (χ2n) is 6.97. The molecule has 1 fully saturated rings. The van der Waals surface area contributed by atoms with Crippen LogP contribution in [0.25, 0.3) is 0 Å². The fourth-order valence-electron chi connectivity index (χ4n) is 3.21. The number of benzene rings is 2. The number of nitrogens with two attached hydrogens (primary N) is 1. The fraction of sp³-hybridized carbons (Fsp3) is 0.300. The number of hydrogen-bond donors (Lipinski definition) is 2. The Labute approximate surface area is 183 Å². The number of amides is 2. The number of alkyl halides is 6. The minimum atomic E-state index is -4.92. The van der Waals surface area contributed by atoms with Crippen LogP contribution in [0.15, 0.2) is 42.5 Å². The maximum Gasteiger partial charge on any atom is 0.433 e. The quantitative estimate of drug-likeness (QED) is 0.632. The minimum absolute atomic E-state index is 0.258. The number of rotatable bonds is 5. The van der Waals surface area contributed by atoms with E-state index in [9.17, 15) is 31.1 Å². The predicted octanol–water partition coefficient (Wildman–Crippen LogP) is 4.24. The van der Waals surface area contributed by atoms with E-state index in [1.54, 1.807) is 0 Å². The topological polar surface area (TPSA) is 101 Å². The number of halogens is 6. The van der Waals surface area contributed by atoms with Crippen molar-refractivity contribution in [2.24, 2.45) is 5.73 Å². The zero-order valence-corrected chi connectivity index (χ0v) is 16.6. The van der Waals surface area contributed by atoms with Crippen LogP contribution in [0.3, 0.4) is 0 Å². The van der Waals surface area contributed by atoms with Crippen LogP contribution in [0.4, 0.5) is 42.5 Å². The zero-order valence-electron chi connectivity index (χ0n) is 16.6. The number of anilines is 2. The third-order valence-corrected chi connectivity index (χ3v) is 4.60. The zero-order chi connectivity index (χ0) is 24.4. The Balaban J connectivity index is 1.77. The van der Waals surface area contributed by atoms with Crippen LogP contribution in [0.1, 0.15) is 11.1 Å². The van der Waals surface area contributed by atoms with Crippen molar-refractivity contribution in [1.82, 2.24) is 0 Å². The Morgan fingerprint density at radius 1 is 1.18 bits per heavy atom. The second kappa shape index (κ2) is 9.07. The highest BCUT2D eigenvalue weighted by molar-refractivity contribution is 5.87. The number of carbonyl (C=O) groups is 1. The van der Waals surface area contributed by atoms with Gasteiger partial charge in [-0.1, -0.05) is 0 Å². The minimum Gasteiger partial charge on any atom is -0.491 e. The van der Waals surface area contributed by atoms with Crippen molar-refractivity contribution in [2.75, 3.05) is 23.4 Å². The Kier molecular flexibility index (Phi) is 6.59. The Bertz CT molecular complexity index is 1050. The standard InChI is InChI=1S/C20H16F6N4O3/c21-19(22,23)16-7-13(4-1-11(16)8-27)30-9-15(33-17(30)20(24,25)26)10-32-14-5-2-12(3-6-14)29-18(28)31/h1-7,15,17H,9-10H2,(H3,28,29,31). The molecule has 1 aliphatic heterocycles. The summed E-state index contributed by atoms with van der Waals surface area (Å²) >= 11 is 0. The van der Waals surface area contributed by atoms with Crippen molar-refractivity contribution in [1.29, 1.82) is 5.26 Å². The van der Waals surface area contributed by atoms with Crippen LogP contribution >= 0.6 is 0 Å². The van der Waals surface area contributed by atoms with Gasteiger partial charge in [-0.05, 0) is 42.5 Å². The lowest BCUT2D eigenvalue weighted by atomic mass is 10.1. The summed E-state index contributed by atoms with van der Waals surface area (Å²) in [4.78, 5) is 11.5. The predicted molar refractivity (Wildman–Crippen MR) is 103 cm³/mol. The van der Waals surface area contributed by atoms with Crippen molar-refractivity contribution < 1.29 is 40.6 Å². The number of urea groups is 1. The van der Waals surface area contributed by atoms with Crippen molar-refractivity contribution >= 4 is 17.4 Å². The lowest BCUT2D eigenvalue weighted by Gasteiger charge is -2.27. The van der Waals surface area contributed by atoms with E-state index >= 15 is 0 Å². The molecule has 2 unspecified atom stereocenters. The molecule has 0 aliphatic carbocycles. The van der Waals surface area contributed by atoms with E-state index in [0.29, 0.717) is 16.7 Å². The van der Waals surface area contributed by atoms with Gasteiger partial charge in [-0.25, -0.2) is 4.79 Å². The summed E-state index contributed by atoms with van der Waals surface area (Å²) < 4.78 is 90.8. The molecule has 2 aromatic carbocycles. The molecular weight excluding hydrogens is 458 g/mol. The van der Waals surface area contributed by atoms with E-state index in [0.717, 1.165) is 12.1 Å². The number of nitriles is 1. The van der Waals surface area contributed by atoms with Gasteiger partial charge in [0.25, 0.3) is 0 Å². The van der Waals surface area contributed by atoms with Crippen LogP contribution in [-0.2, 0) is 10.9 Å². The Morgan fingerprint density at radius 3 is 2.39 bits per heavy atom. The van der Waals surface area contributed by atoms with E-state index in [1.807, 2.05) is 0 Å². The highest BCUT2D eigenvalue weighted by atomic mass is 19.4. The molecule has 0 bridgehead atoms. The van der Waals surface area contributed by atoms with E-state index in [4.69, 9.17) is 20.5 Å². The summed E-state index contributed by atoms with van der Waals surface area (Å²) in [5.41, 5.74) is 2.92. The molecule has 7 nitrogen and oxygen atoms in total.